The fourth-order valence-corrected chi connectivity index (χ4v) is 2.44. The first-order chi connectivity index (χ1) is 12.9. The van der Waals surface area contributed by atoms with Crippen LogP contribution in [-0.4, -0.2) is 31.7 Å². The number of hydrogen-bond acceptors (Lipinski definition) is 5. The Bertz CT molecular complexity index is 868. The zero-order chi connectivity index (χ0) is 19.8. The van der Waals surface area contributed by atoms with Crippen molar-refractivity contribution in [2.24, 2.45) is 5.16 Å². The first-order valence-electron chi connectivity index (χ1n) is 8.06. The molecule has 2 N–H and O–H groups in total. The maximum Gasteiger partial charge on any atom is 0.270 e. The predicted octanol–water partition coefficient (Wildman–Crippen LogP) is 3.55. The van der Waals surface area contributed by atoms with Gasteiger partial charge in [-0.1, -0.05) is 34.5 Å². The average Bonchev–Trinajstić information content (AvgIpc) is 2.61. The third-order valence-corrected chi connectivity index (χ3v) is 3.75. The van der Waals surface area contributed by atoms with Gasteiger partial charge in [0, 0.05) is 10.7 Å². The molecule has 0 aliphatic carbocycles. The van der Waals surface area contributed by atoms with Gasteiger partial charge in [-0.3, -0.25) is 9.59 Å². The summed E-state index contributed by atoms with van der Waals surface area (Å²) in [5.41, 5.74) is 3.15. The van der Waals surface area contributed by atoms with Crippen molar-refractivity contribution < 1.29 is 19.2 Å². The zero-order valence-electron chi connectivity index (χ0n) is 15.2. The first kappa shape index (κ1) is 20.3. The number of methoxy groups -OCH3 is 1. The number of anilines is 2. The molecule has 0 saturated carbocycles. The third kappa shape index (κ3) is 6.31. The lowest BCUT2D eigenvalue weighted by atomic mass is 10.1. The van der Waals surface area contributed by atoms with Gasteiger partial charge in [0.15, 0.2) is 6.61 Å². The molecule has 0 spiro atoms. The molecule has 2 rings (SSSR count). The Balaban J connectivity index is 1.82. The van der Waals surface area contributed by atoms with Crippen LogP contribution in [0, 0.1) is 13.8 Å². The molecule has 0 fully saturated rings. The van der Waals surface area contributed by atoms with Crippen molar-refractivity contribution in [3.63, 3.8) is 0 Å². The molecule has 2 aromatic rings. The summed E-state index contributed by atoms with van der Waals surface area (Å²) in [5.74, 6) is -0.476. The molecule has 0 aromatic heterocycles. The molecular weight excluding hydrogens is 370 g/mol. The standard InChI is InChI=1S/C19H20ClN3O4/c1-12-4-6-15(13(2)8-12)22-19(25)11-27-21-10-18(24)23-16-9-14(20)5-7-17(16)26-3/h4-10H,11H2,1-3H3,(H,22,25)(H,23,24)/b21-10-. The summed E-state index contributed by atoms with van der Waals surface area (Å²) in [6.45, 7) is 3.55. The van der Waals surface area contributed by atoms with E-state index in [-0.39, 0.29) is 12.5 Å². The van der Waals surface area contributed by atoms with E-state index in [1.54, 1.807) is 18.2 Å². The van der Waals surface area contributed by atoms with Gasteiger partial charge in [-0.05, 0) is 43.7 Å². The summed E-state index contributed by atoms with van der Waals surface area (Å²) in [6, 6.07) is 10.5. The van der Waals surface area contributed by atoms with Gasteiger partial charge in [-0.25, -0.2) is 0 Å². The highest BCUT2D eigenvalue weighted by Gasteiger charge is 2.08. The van der Waals surface area contributed by atoms with Crippen molar-refractivity contribution in [2.45, 2.75) is 13.8 Å². The van der Waals surface area contributed by atoms with E-state index in [4.69, 9.17) is 21.2 Å². The number of aryl methyl sites for hydroxylation is 2. The van der Waals surface area contributed by atoms with E-state index in [1.165, 1.54) is 7.11 Å². The maximum atomic E-state index is 11.9. The molecule has 0 saturated heterocycles. The van der Waals surface area contributed by atoms with E-state index in [9.17, 15) is 9.59 Å². The first-order valence-corrected chi connectivity index (χ1v) is 8.44. The third-order valence-electron chi connectivity index (χ3n) is 3.52. The quantitative estimate of drug-likeness (QED) is 0.560. The number of carbonyl (C=O) groups is 2. The summed E-state index contributed by atoms with van der Waals surface area (Å²) >= 11 is 5.90. The number of halogens is 1. The van der Waals surface area contributed by atoms with Crippen LogP contribution in [0.3, 0.4) is 0 Å². The van der Waals surface area contributed by atoms with Crippen molar-refractivity contribution in [1.29, 1.82) is 0 Å². The van der Waals surface area contributed by atoms with Crippen molar-refractivity contribution in [2.75, 3.05) is 24.4 Å². The molecule has 0 aliphatic rings. The number of hydrogen-bond donors (Lipinski definition) is 2. The van der Waals surface area contributed by atoms with Crippen molar-refractivity contribution in [3.8, 4) is 5.75 Å². The Morgan fingerprint density at radius 1 is 1.11 bits per heavy atom. The van der Waals surface area contributed by atoms with Gasteiger partial charge < -0.3 is 20.2 Å². The number of nitrogens with one attached hydrogen (secondary N) is 2. The van der Waals surface area contributed by atoms with Crippen LogP contribution in [0.1, 0.15) is 11.1 Å². The molecule has 0 atom stereocenters. The minimum atomic E-state index is -0.551. The smallest absolute Gasteiger partial charge is 0.270 e. The lowest BCUT2D eigenvalue weighted by Crippen LogP contribution is -2.18. The number of oxime groups is 1. The van der Waals surface area contributed by atoms with Crippen molar-refractivity contribution in [3.05, 3.63) is 52.5 Å². The minimum absolute atomic E-state index is 0.322. The number of carbonyl (C=O) groups excluding carboxylic acids is 2. The lowest BCUT2D eigenvalue weighted by Gasteiger charge is -2.09. The summed E-state index contributed by atoms with van der Waals surface area (Å²) < 4.78 is 5.13. The molecule has 0 unspecified atom stereocenters. The van der Waals surface area contributed by atoms with Gasteiger partial charge in [0.25, 0.3) is 11.8 Å². The largest absolute Gasteiger partial charge is 0.495 e. The Morgan fingerprint density at radius 2 is 1.89 bits per heavy atom. The van der Waals surface area contributed by atoms with Crippen LogP contribution in [-0.2, 0) is 14.4 Å². The molecule has 8 heteroatoms. The Kier molecular flexibility index (Phi) is 7.19. The highest BCUT2D eigenvalue weighted by molar-refractivity contribution is 6.33. The second-order valence-electron chi connectivity index (χ2n) is 5.71. The van der Waals surface area contributed by atoms with Gasteiger partial charge >= 0.3 is 0 Å². The van der Waals surface area contributed by atoms with Crippen molar-refractivity contribution >= 4 is 41.0 Å². The average molecular weight is 390 g/mol. The fraction of sp³-hybridized carbons (Fsp3) is 0.211. The van der Waals surface area contributed by atoms with Crippen LogP contribution >= 0.6 is 11.6 Å². The molecule has 142 valence electrons. The van der Waals surface area contributed by atoms with Crippen LogP contribution in [0.2, 0.25) is 5.02 Å². The molecule has 0 aliphatic heterocycles. The van der Waals surface area contributed by atoms with Crippen LogP contribution in [0.4, 0.5) is 11.4 Å². The number of rotatable bonds is 7. The van der Waals surface area contributed by atoms with Crippen LogP contribution in [0.15, 0.2) is 41.6 Å². The summed E-state index contributed by atoms with van der Waals surface area (Å²) in [4.78, 5) is 28.6. The van der Waals surface area contributed by atoms with Crippen LogP contribution < -0.4 is 15.4 Å². The molecule has 2 amide bonds. The fourth-order valence-electron chi connectivity index (χ4n) is 2.26. The van der Waals surface area contributed by atoms with Gasteiger partial charge in [0.05, 0.1) is 12.8 Å². The monoisotopic (exact) mass is 389 g/mol. The SMILES string of the molecule is COc1ccc(Cl)cc1NC(=O)/C=N\OCC(=O)Nc1ccc(C)cc1C. The molecular formula is C19H20ClN3O4. The van der Waals surface area contributed by atoms with E-state index < -0.39 is 5.91 Å². The Hall–Kier alpha value is -3.06. The van der Waals surface area contributed by atoms with Gasteiger partial charge in [0.2, 0.25) is 0 Å². The predicted molar refractivity (Wildman–Crippen MR) is 106 cm³/mol. The number of amides is 2. The zero-order valence-corrected chi connectivity index (χ0v) is 16.0. The van der Waals surface area contributed by atoms with Gasteiger partial charge in [-0.15, -0.1) is 0 Å². The van der Waals surface area contributed by atoms with Crippen LogP contribution in [0.5, 0.6) is 5.75 Å². The molecule has 0 radical (unpaired) electrons. The normalized spacial score (nSPS) is 10.5. The maximum absolute atomic E-state index is 11.9. The number of benzene rings is 2. The second-order valence-corrected chi connectivity index (χ2v) is 6.14. The van der Waals surface area contributed by atoms with Gasteiger partial charge in [-0.2, -0.15) is 0 Å². The molecule has 0 bridgehead atoms. The summed E-state index contributed by atoms with van der Waals surface area (Å²) in [5, 5.41) is 9.22. The highest BCUT2D eigenvalue weighted by atomic mass is 35.5. The van der Waals surface area contributed by atoms with Crippen molar-refractivity contribution in [1.82, 2.24) is 0 Å². The van der Waals surface area contributed by atoms with Crippen LogP contribution in [0.25, 0.3) is 0 Å². The second kappa shape index (κ2) is 9.59. The lowest BCUT2D eigenvalue weighted by molar-refractivity contribution is -0.120. The molecule has 0 heterocycles. The van der Waals surface area contributed by atoms with E-state index in [0.29, 0.717) is 22.1 Å². The molecule has 27 heavy (non-hydrogen) atoms. The van der Waals surface area contributed by atoms with E-state index in [0.717, 1.165) is 17.3 Å². The van der Waals surface area contributed by atoms with E-state index >= 15 is 0 Å². The summed E-state index contributed by atoms with van der Waals surface area (Å²) in [7, 11) is 1.48. The number of nitrogens with zero attached hydrogens (tertiary/aromatic N) is 1. The minimum Gasteiger partial charge on any atom is -0.495 e. The van der Waals surface area contributed by atoms with Gasteiger partial charge in [0.1, 0.15) is 12.0 Å². The van der Waals surface area contributed by atoms with E-state index in [1.807, 2.05) is 32.0 Å². The number of ether oxygens (including phenoxy) is 1. The molecule has 2 aromatic carbocycles. The van der Waals surface area contributed by atoms with E-state index in [2.05, 4.69) is 15.8 Å². The highest BCUT2D eigenvalue weighted by Crippen LogP contribution is 2.27. The summed E-state index contributed by atoms with van der Waals surface area (Å²) in [6.07, 6.45) is 0.921. The Morgan fingerprint density at radius 3 is 2.59 bits per heavy atom. The Labute approximate surface area is 162 Å². The molecule has 7 nitrogen and oxygen atoms in total. The topological polar surface area (TPSA) is 89.0 Å².